The van der Waals surface area contributed by atoms with Gasteiger partial charge in [-0.15, -0.1) is 0 Å². The number of hydrogen-bond acceptors (Lipinski definition) is 6. The molecule has 1 aromatic carbocycles. The van der Waals surface area contributed by atoms with Crippen LogP contribution in [0.5, 0.6) is 5.75 Å². The fourth-order valence-corrected chi connectivity index (χ4v) is 2.13. The van der Waals surface area contributed by atoms with E-state index >= 15 is 0 Å². The summed E-state index contributed by atoms with van der Waals surface area (Å²) in [6.07, 6.45) is 0.951. The monoisotopic (exact) mass is 306 g/mol. The van der Waals surface area contributed by atoms with E-state index in [1.54, 1.807) is 12.1 Å². The highest BCUT2D eigenvalue weighted by molar-refractivity contribution is 8.18. The maximum Gasteiger partial charge on any atom is 0.337 e. The minimum Gasteiger partial charge on any atom is -0.423 e. The van der Waals surface area contributed by atoms with E-state index in [4.69, 9.17) is 4.74 Å². The van der Waals surface area contributed by atoms with Crippen molar-refractivity contribution in [2.75, 3.05) is 5.32 Å². The zero-order valence-corrected chi connectivity index (χ0v) is 11.7. The van der Waals surface area contributed by atoms with Crippen molar-refractivity contribution >= 4 is 40.5 Å². The zero-order chi connectivity index (χ0) is 15.4. The lowest BCUT2D eigenvalue weighted by Gasteiger charge is -2.04. The van der Waals surface area contributed by atoms with Crippen LogP contribution >= 0.6 is 11.8 Å². The summed E-state index contributed by atoms with van der Waals surface area (Å²) >= 11 is 0.635. The Kier molecular flexibility index (Phi) is 4.39. The third-order valence-electron chi connectivity index (χ3n) is 2.28. The van der Waals surface area contributed by atoms with Crippen molar-refractivity contribution in [3.8, 4) is 5.75 Å². The lowest BCUT2D eigenvalue weighted by Crippen LogP contribution is -2.18. The number of ether oxygens (including phenoxy) is 1. The fourth-order valence-electron chi connectivity index (χ4n) is 1.48. The van der Waals surface area contributed by atoms with Gasteiger partial charge in [-0.3, -0.25) is 19.7 Å². The molecule has 1 aromatic rings. The predicted octanol–water partition coefficient (Wildman–Crippen LogP) is 1.42. The van der Waals surface area contributed by atoms with Crippen LogP contribution in [0, 0.1) is 0 Å². The van der Waals surface area contributed by atoms with Gasteiger partial charge in [0.25, 0.3) is 11.1 Å². The van der Waals surface area contributed by atoms with Crippen molar-refractivity contribution in [1.29, 1.82) is 0 Å². The molecule has 1 aliphatic heterocycles. The van der Waals surface area contributed by atoms with Crippen LogP contribution in [0.25, 0.3) is 0 Å². The number of benzene rings is 1. The van der Waals surface area contributed by atoms with Gasteiger partial charge >= 0.3 is 5.97 Å². The van der Waals surface area contributed by atoms with E-state index in [2.05, 4.69) is 5.32 Å². The molecule has 0 spiro atoms. The number of nitrogens with one attached hydrogen (secondary N) is 2. The third-order valence-corrected chi connectivity index (χ3v) is 3.09. The molecule has 1 saturated heterocycles. The van der Waals surface area contributed by atoms with Crippen LogP contribution in [-0.2, 0) is 14.4 Å². The summed E-state index contributed by atoms with van der Waals surface area (Å²) in [6, 6.07) is 6.12. The number of anilines is 1. The molecule has 7 nitrogen and oxygen atoms in total. The molecule has 0 bridgehead atoms. The van der Waals surface area contributed by atoms with Gasteiger partial charge in [-0.1, -0.05) is 0 Å². The number of imide groups is 1. The highest BCUT2D eigenvalue weighted by Gasteiger charge is 2.26. The summed E-state index contributed by atoms with van der Waals surface area (Å²) in [5.74, 6) is -1.35. The molecule has 0 saturated carbocycles. The molecule has 1 fully saturated rings. The predicted molar refractivity (Wildman–Crippen MR) is 75.6 cm³/mol. The number of amides is 3. The van der Waals surface area contributed by atoms with Crippen molar-refractivity contribution in [2.45, 2.75) is 6.92 Å². The second-order valence-electron chi connectivity index (χ2n) is 3.98. The van der Waals surface area contributed by atoms with Gasteiger partial charge in [0.1, 0.15) is 5.75 Å². The number of esters is 1. The molecular weight excluding hydrogens is 296 g/mol. The average molecular weight is 306 g/mol. The summed E-state index contributed by atoms with van der Waals surface area (Å²) in [7, 11) is 0. The lowest BCUT2D eigenvalue weighted by atomic mass is 10.3. The Morgan fingerprint density at radius 1 is 1.24 bits per heavy atom. The molecule has 0 aliphatic carbocycles. The Morgan fingerprint density at radius 3 is 2.43 bits per heavy atom. The van der Waals surface area contributed by atoms with E-state index in [0.717, 1.165) is 6.08 Å². The maximum atomic E-state index is 11.6. The first-order chi connectivity index (χ1) is 9.94. The first kappa shape index (κ1) is 14.8. The first-order valence-electron chi connectivity index (χ1n) is 5.78. The van der Waals surface area contributed by atoms with Gasteiger partial charge in [0.15, 0.2) is 0 Å². The zero-order valence-electron chi connectivity index (χ0n) is 10.8. The molecule has 0 aromatic heterocycles. The highest BCUT2D eigenvalue weighted by atomic mass is 32.2. The topological polar surface area (TPSA) is 102 Å². The highest BCUT2D eigenvalue weighted by Crippen LogP contribution is 2.23. The second kappa shape index (κ2) is 6.23. The quantitative estimate of drug-likeness (QED) is 0.497. The number of carbonyl (C=O) groups excluding carboxylic acids is 4. The number of rotatable bonds is 3. The largest absolute Gasteiger partial charge is 0.423 e. The summed E-state index contributed by atoms with van der Waals surface area (Å²) in [5, 5.41) is 4.07. The Morgan fingerprint density at radius 2 is 1.90 bits per heavy atom. The molecule has 1 aliphatic rings. The Bertz CT molecular complexity index is 651. The molecule has 2 N–H and O–H groups in total. The summed E-state index contributed by atoms with van der Waals surface area (Å²) in [6.45, 7) is 1.38. The number of carbonyl (C=O) groups is 4. The van der Waals surface area contributed by atoms with Crippen molar-refractivity contribution in [3.63, 3.8) is 0 Å². The molecule has 0 radical (unpaired) electrons. The van der Waals surface area contributed by atoms with Gasteiger partial charge in [0.05, 0.1) is 4.91 Å². The van der Waals surface area contributed by atoms with E-state index in [-0.39, 0.29) is 16.6 Å². The molecule has 21 heavy (non-hydrogen) atoms. The molecule has 0 atom stereocenters. The van der Waals surface area contributed by atoms with Gasteiger partial charge in [-0.05, 0) is 36.0 Å². The van der Waals surface area contributed by atoms with Crippen molar-refractivity contribution < 1.29 is 23.9 Å². The standard InChI is InChI=1S/C13H10N2O5S/c1-7(16)14-8-2-4-9(5-3-8)20-11(17)6-10-12(18)15-13(19)21-10/h2-6H,1H3,(H,14,16)(H,15,18,19). The third kappa shape index (κ3) is 4.18. The molecule has 2 rings (SSSR count). The maximum absolute atomic E-state index is 11.6. The van der Waals surface area contributed by atoms with Crippen LogP contribution in [-0.4, -0.2) is 23.0 Å². The van der Waals surface area contributed by atoms with Gasteiger partial charge in [-0.25, -0.2) is 4.79 Å². The molecule has 0 unspecified atom stereocenters. The van der Waals surface area contributed by atoms with Crippen LogP contribution in [0.3, 0.4) is 0 Å². The number of thioether (sulfide) groups is 1. The van der Waals surface area contributed by atoms with Crippen molar-refractivity contribution in [2.24, 2.45) is 0 Å². The van der Waals surface area contributed by atoms with Crippen molar-refractivity contribution in [3.05, 3.63) is 35.2 Å². The fraction of sp³-hybridized carbons (Fsp3) is 0.0769. The summed E-state index contributed by atoms with van der Waals surface area (Å²) in [5.41, 5.74) is 0.567. The molecule has 108 valence electrons. The van der Waals surface area contributed by atoms with Gasteiger partial charge in [0.2, 0.25) is 5.91 Å². The SMILES string of the molecule is CC(=O)Nc1ccc(OC(=O)C=C2SC(=O)NC2=O)cc1. The molecule has 1 heterocycles. The normalized spacial score (nSPS) is 15.8. The molecule has 8 heteroatoms. The smallest absolute Gasteiger partial charge is 0.337 e. The first-order valence-corrected chi connectivity index (χ1v) is 6.60. The minimum atomic E-state index is -0.769. The van der Waals surface area contributed by atoms with Crippen LogP contribution in [0.2, 0.25) is 0 Å². The van der Waals surface area contributed by atoms with E-state index in [9.17, 15) is 19.2 Å². The summed E-state index contributed by atoms with van der Waals surface area (Å²) < 4.78 is 4.99. The Labute approximate surface area is 123 Å². The van der Waals surface area contributed by atoms with Crippen LogP contribution in [0.15, 0.2) is 35.2 Å². The second-order valence-corrected chi connectivity index (χ2v) is 4.99. The van der Waals surface area contributed by atoms with Crippen molar-refractivity contribution in [1.82, 2.24) is 5.32 Å². The van der Waals surface area contributed by atoms with Crippen LogP contribution in [0.1, 0.15) is 6.92 Å². The van der Waals surface area contributed by atoms with E-state index in [1.807, 2.05) is 5.32 Å². The van der Waals surface area contributed by atoms with E-state index in [0.29, 0.717) is 17.4 Å². The van der Waals surface area contributed by atoms with E-state index < -0.39 is 17.1 Å². The van der Waals surface area contributed by atoms with Crippen LogP contribution < -0.4 is 15.4 Å². The van der Waals surface area contributed by atoms with Gasteiger partial charge in [-0.2, -0.15) is 0 Å². The minimum absolute atomic E-state index is 0.0140. The molecular formula is C13H10N2O5S. The lowest BCUT2D eigenvalue weighted by molar-refractivity contribution is -0.129. The van der Waals surface area contributed by atoms with Gasteiger partial charge in [0, 0.05) is 18.7 Å². The molecule has 3 amide bonds. The summed E-state index contributed by atoms with van der Waals surface area (Å²) in [4.78, 5) is 44.6. The van der Waals surface area contributed by atoms with Crippen LogP contribution in [0.4, 0.5) is 10.5 Å². The average Bonchev–Trinajstić information content (AvgIpc) is 2.69. The van der Waals surface area contributed by atoms with Gasteiger partial charge < -0.3 is 10.1 Å². The Balaban J connectivity index is 2.00. The number of hydrogen-bond donors (Lipinski definition) is 2. The Hall–Kier alpha value is -2.61. The van der Waals surface area contributed by atoms with E-state index in [1.165, 1.54) is 19.1 Å².